The minimum atomic E-state index is 0.0535. The van der Waals surface area contributed by atoms with Gasteiger partial charge in [-0.2, -0.15) is 0 Å². The Balaban J connectivity index is 2.09. The van der Waals surface area contributed by atoms with Crippen molar-refractivity contribution in [3.05, 3.63) is 0 Å². The van der Waals surface area contributed by atoms with E-state index in [-0.39, 0.29) is 5.91 Å². The molecule has 1 heterocycles. The summed E-state index contributed by atoms with van der Waals surface area (Å²) in [4.78, 5) is 10.6. The molecule has 1 rings (SSSR count). The van der Waals surface area contributed by atoms with Crippen molar-refractivity contribution >= 4 is 5.91 Å². The van der Waals surface area contributed by atoms with Gasteiger partial charge in [0, 0.05) is 18.9 Å². The van der Waals surface area contributed by atoms with Crippen molar-refractivity contribution in [3.63, 3.8) is 0 Å². The van der Waals surface area contributed by atoms with Gasteiger partial charge in [-0.15, -0.1) is 0 Å². The lowest BCUT2D eigenvalue weighted by Gasteiger charge is -2.28. The van der Waals surface area contributed by atoms with Crippen molar-refractivity contribution in [2.75, 3.05) is 13.2 Å². The highest BCUT2D eigenvalue weighted by atomic mass is 16.5. The van der Waals surface area contributed by atoms with Crippen molar-refractivity contribution in [3.8, 4) is 0 Å². The van der Waals surface area contributed by atoms with E-state index in [1.165, 1.54) is 0 Å². The molecular weight excluding hydrogens is 142 g/mol. The first-order valence-electron chi connectivity index (χ1n) is 4.03. The van der Waals surface area contributed by atoms with Crippen LogP contribution in [0.4, 0.5) is 0 Å². The van der Waals surface area contributed by atoms with Crippen LogP contribution < -0.4 is 5.32 Å². The first kappa shape index (κ1) is 8.53. The Morgan fingerprint density at radius 2 is 2.36 bits per heavy atom. The Hall–Kier alpha value is -0.570. The normalized spacial score (nSPS) is 20.5. The number of nitrogens with one attached hydrogen (secondary N) is 1. The van der Waals surface area contributed by atoms with Crippen LogP contribution in [-0.4, -0.2) is 25.2 Å². The van der Waals surface area contributed by atoms with E-state index >= 15 is 0 Å². The van der Waals surface area contributed by atoms with Gasteiger partial charge in [0.2, 0.25) is 5.91 Å². The smallest absolute Gasteiger partial charge is 0.217 e. The molecule has 11 heavy (non-hydrogen) atoms. The number of rotatable bonds is 3. The molecule has 0 bridgehead atoms. The van der Waals surface area contributed by atoms with E-state index in [9.17, 15) is 4.79 Å². The number of amides is 1. The molecule has 0 saturated carbocycles. The molecule has 0 radical (unpaired) electrons. The van der Waals surface area contributed by atoms with Gasteiger partial charge in [-0.05, 0) is 13.3 Å². The third-order valence-corrected chi connectivity index (χ3v) is 1.84. The van der Waals surface area contributed by atoms with Gasteiger partial charge in [0.15, 0.2) is 0 Å². The van der Waals surface area contributed by atoms with E-state index < -0.39 is 0 Å². The molecule has 0 spiro atoms. The molecular formula is C8H15NO2. The summed E-state index contributed by atoms with van der Waals surface area (Å²) in [5.74, 6) is 0.717. The summed E-state index contributed by atoms with van der Waals surface area (Å²) in [5.41, 5.74) is 0. The number of hydrogen-bond acceptors (Lipinski definition) is 2. The molecule has 1 atom stereocenters. The van der Waals surface area contributed by atoms with Crippen LogP contribution in [0.25, 0.3) is 0 Å². The maximum Gasteiger partial charge on any atom is 0.217 e. The van der Waals surface area contributed by atoms with Crippen LogP contribution in [0, 0.1) is 5.92 Å². The number of carbonyl (C=O) groups excluding carboxylic acids is 1. The summed E-state index contributed by atoms with van der Waals surface area (Å²) in [6.45, 7) is 5.31. The van der Waals surface area contributed by atoms with Gasteiger partial charge >= 0.3 is 0 Å². The van der Waals surface area contributed by atoms with E-state index in [1.54, 1.807) is 6.92 Å². The largest absolute Gasteiger partial charge is 0.381 e. The molecule has 1 amide bonds. The minimum absolute atomic E-state index is 0.0535. The van der Waals surface area contributed by atoms with E-state index in [2.05, 4.69) is 5.32 Å². The Kier molecular flexibility index (Phi) is 2.88. The van der Waals surface area contributed by atoms with Gasteiger partial charge in [-0.3, -0.25) is 4.79 Å². The molecule has 1 aliphatic rings. The van der Waals surface area contributed by atoms with Gasteiger partial charge in [0.05, 0.1) is 13.2 Å². The van der Waals surface area contributed by atoms with Gasteiger partial charge in [-0.1, -0.05) is 0 Å². The molecule has 64 valence electrons. The summed E-state index contributed by atoms with van der Waals surface area (Å²) < 4.78 is 5.03. The predicted octanol–water partition coefficient (Wildman–Crippen LogP) is 0.548. The van der Waals surface area contributed by atoms with Crippen molar-refractivity contribution in [1.82, 2.24) is 5.32 Å². The Labute approximate surface area is 67.1 Å². The summed E-state index contributed by atoms with van der Waals surface area (Å²) in [7, 11) is 0. The van der Waals surface area contributed by atoms with Gasteiger partial charge in [0.1, 0.15) is 0 Å². The molecule has 1 aliphatic heterocycles. The number of ether oxygens (including phenoxy) is 1. The van der Waals surface area contributed by atoms with Crippen LogP contribution in [0.5, 0.6) is 0 Å². The standard InChI is InChI=1S/C8H15NO2/c1-6(9-7(2)10)3-8-4-11-5-8/h6,8H,3-5H2,1-2H3,(H,9,10). The third-order valence-electron chi connectivity index (χ3n) is 1.84. The van der Waals surface area contributed by atoms with Crippen LogP contribution in [-0.2, 0) is 9.53 Å². The van der Waals surface area contributed by atoms with Crippen molar-refractivity contribution < 1.29 is 9.53 Å². The molecule has 0 aliphatic carbocycles. The zero-order valence-electron chi connectivity index (χ0n) is 7.09. The van der Waals surface area contributed by atoms with Crippen LogP contribution in [0.15, 0.2) is 0 Å². The molecule has 3 heteroatoms. The molecule has 1 N–H and O–H groups in total. The van der Waals surface area contributed by atoms with Crippen molar-refractivity contribution in [1.29, 1.82) is 0 Å². The summed E-state index contributed by atoms with van der Waals surface area (Å²) in [5, 5.41) is 2.85. The fourth-order valence-corrected chi connectivity index (χ4v) is 1.33. The van der Waals surface area contributed by atoms with Gasteiger partial charge < -0.3 is 10.1 Å². The predicted molar refractivity (Wildman–Crippen MR) is 42.2 cm³/mol. The second kappa shape index (κ2) is 3.72. The molecule has 0 aromatic rings. The molecule has 0 aromatic heterocycles. The summed E-state index contributed by atoms with van der Waals surface area (Å²) in [6.07, 6.45) is 1.04. The van der Waals surface area contributed by atoms with E-state index in [1.807, 2.05) is 6.92 Å². The Bertz CT molecular complexity index is 143. The lowest BCUT2D eigenvalue weighted by atomic mass is 9.99. The third kappa shape index (κ3) is 2.89. The first-order valence-corrected chi connectivity index (χ1v) is 4.03. The number of hydrogen-bond donors (Lipinski definition) is 1. The highest BCUT2D eigenvalue weighted by Crippen LogP contribution is 2.15. The quantitative estimate of drug-likeness (QED) is 0.649. The minimum Gasteiger partial charge on any atom is -0.381 e. The van der Waals surface area contributed by atoms with E-state index in [0.29, 0.717) is 12.0 Å². The van der Waals surface area contributed by atoms with Crippen LogP contribution in [0.2, 0.25) is 0 Å². The zero-order valence-corrected chi connectivity index (χ0v) is 7.09. The van der Waals surface area contributed by atoms with Gasteiger partial charge in [-0.25, -0.2) is 0 Å². The van der Waals surface area contributed by atoms with Crippen LogP contribution >= 0.6 is 0 Å². The molecule has 0 aromatic carbocycles. The van der Waals surface area contributed by atoms with Gasteiger partial charge in [0.25, 0.3) is 0 Å². The second-order valence-electron chi connectivity index (χ2n) is 3.24. The Morgan fingerprint density at radius 3 is 2.73 bits per heavy atom. The SMILES string of the molecule is CC(=O)NC(C)CC1COC1. The average Bonchev–Trinajstić information content (AvgIpc) is 1.77. The monoisotopic (exact) mass is 157 g/mol. The fourth-order valence-electron chi connectivity index (χ4n) is 1.33. The number of carbonyl (C=O) groups is 1. The zero-order chi connectivity index (χ0) is 8.27. The van der Waals surface area contributed by atoms with Crippen LogP contribution in [0.3, 0.4) is 0 Å². The van der Waals surface area contributed by atoms with Crippen molar-refractivity contribution in [2.24, 2.45) is 5.92 Å². The van der Waals surface area contributed by atoms with E-state index in [0.717, 1.165) is 19.6 Å². The molecule has 3 nitrogen and oxygen atoms in total. The maximum absolute atomic E-state index is 10.6. The lowest BCUT2D eigenvalue weighted by molar-refractivity contribution is -0.120. The van der Waals surface area contributed by atoms with Crippen LogP contribution in [0.1, 0.15) is 20.3 Å². The molecule has 1 unspecified atom stereocenters. The summed E-state index contributed by atoms with van der Waals surface area (Å²) >= 11 is 0. The summed E-state index contributed by atoms with van der Waals surface area (Å²) in [6, 6.07) is 0.293. The second-order valence-corrected chi connectivity index (χ2v) is 3.24. The highest BCUT2D eigenvalue weighted by Gasteiger charge is 2.20. The topological polar surface area (TPSA) is 38.3 Å². The molecule has 1 saturated heterocycles. The van der Waals surface area contributed by atoms with Crippen molar-refractivity contribution in [2.45, 2.75) is 26.3 Å². The maximum atomic E-state index is 10.6. The average molecular weight is 157 g/mol. The Morgan fingerprint density at radius 1 is 1.73 bits per heavy atom. The van der Waals surface area contributed by atoms with E-state index in [4.69, 9.17) is 4.74 Å². The lowest BCUT2D eigenvalue weighted by Crippen LogP contribution is -2.37. The first-order chi connectivity index (χ1) is 5.18. The highest BCUT2D eigenvalue weighted by molar-refractivity contribution is 5.73. The fraction of sp³-hybridized carbons (Fsp3) is 0.875. The molecule has 1 fully saturated rings.